The molecule has 7 aliphatic heterocycles. The number of hydrogen-bond donors (Lipinski definition) is 14. The molecular weight excluding hydrogens is 1180 g/mol. The maximum atomic E-state index is 14.3. The Kier molecular flexibility index (Phi) is 20.0. The normalized spacial score (nSPS) is 37.3. The molecule has 5 fully saturated rings. The maximum Gasteiger partial charge on any atom is 0.473 e. The quantitative estimate of drug-likeness (QED) is 0.0491. The molecule has 7 heterocycles. The zero-order chi connectivity index (χ0) is 66.7. The third-order valence-electron chi connectivity index (χ3n) is 21.7. The zero-order valence-electron chi connectivity index (χ0n) is 53.6. The number of nitrogens with zero attached hydrogens (tertiary/aromatic N) is 2. The van der Waals surface area contributed by atoms with Gasteiger partial charge in [0.05, 0.1) is 30.7 Å². The highest BCUT2D eigenvalue weighted by Gasteiger charge is 2.68. The number of anilines is 2. The Morgan fingerprint density at radius 2 is 1.33 bits per heavy atom. The van der Waals surface area contributed by atoms with Gasteiger partial charge in [-0.25, -0.2) is 9.56 Å². The van der Waals surface area contributed by atoms with Crippen LogP contribution in [0.4, 0.5) is 11.4 Å². The van der Waals surface area contributed by atoms with E-state index in [2.05, 4.69) is 51.5 Å². The molecule has 7 amide bonds. The van der Waals surface area contributed by atoms with Crippen molar-refractivity contribution in [1.82, 2.24) is 21.3 Å². The molecule has 0 saturated carbocycles. The number of benzene rings is 1. The first-order valence-corrected chi connectivity index (χ1v) is 32.6. The summed E-state index contributed by atoms with van der Waals surface area (Å²) in [4.78, 5) is 111. The van der Waals surface area contributed by atoms with Crippen molar-refractivity contribution in [3.8, 4) is 0 Å². The average Bonchev–Trinajstić information content (AvgIpc) is 1.53. The van der Waals surface area contributed by atoms with Crippen molar-refractivity contribution in [2.45, 2.75) is 207 Å². The van der Waals surface area contributed by atoms with Crippen molar-refractivity contribution < 1.29 is 67.0 Å². The minimum atomic E-state index is -5.09. The fourth-order valence-corrected chi connectivity index (χ4v) is 17.8. The van der Waals surface area contributed by atoms with Crippen LogP contribution in [0.5, 0.6) is 0 Å². The number of allylic oxidation sites excluding steroid dienone is 3. The van der Waals surface area contributed by atoms with Crippen LogP contribution in [-0.4, -0.2) is 136 Å². The molecule has 0 aliphatic carbocycles. The van der Waals surface area contributed by atoms with Crippen LogP contribution >= 0.6 is 7.82 Å². The lowest BCUT2D eigenvalue weighted by atomic mass is 9.56. The van der Waals surface area contributed by atoms with Crippen molar-refractivity contribution in [3.63, 3.8) is 0 Å². The number of fused-ring (bicyclic) bond motifs is 10. The molecule has 90 heavy (non-hydrogen) atoms. The highest BCUT2D eigenvalue weighted by atomic mass is 31.2. The number of carbonyl (C=O) groups excluding carboxylic acids is 7. The van der Waals surface area contributed by atoms with E-state index >= 15 is 0 Å². The number of nitrogens with two attached hydrogens (primary N) is 6. The summed E-state index contributed by atoms with van der Waals surface area (Å²) < 4.78 is 30.7. The molecule has 18 atom stereocenters. The second-order valence-corrected chi connectivity index (χ2v) is 29.2. The van der Waals surface area contributed by atoms with Crippen molar-refractivity contribution >= 4 is 66.8 Å². The third-order valence-corrected chi connectivity index (χ3v) is 22.8. The highest BCUT2D eigenvalue weighted by Crippen LogP contribution is 2.62. The van der Waals surface area contributed by atoms with Gasteiger partial charge in [0, 0.05) is 119 Å². The van der Waals surface area contributed by atoms with Crippen LogP contribution in [0.15, 0.2) is 51.4 Å². The molecule has 1 aromatic rings. The van der Waals surface area contributed by atoms with Gasteiger partial charge >= 0.3 is 7.82 Å². The Balaban J connectivity index is 1.19. The summed E-state index contributed by atoms with van der Waals surface area (Å²) in [5.74, 6) is -6.44. The van der Waals surface area contributed by atoms with E-state index in [0.29, 0.717) is 23.4 Å². The molecule has 28 heteroatoms. The molecular formula is C62H96N13O14P. The van der Waals surface area contributed by atoms with Crippen LogP contribution in [0.1, 0.15) is 144 Å². The number of phosphoric acid groups is 1. The molecule has 5 saturated heterocycles. The van der Waals surface area contributed by atoms with Crippen LogP contribution in [0.25, 0.3) is 0 Å². The summed E-state index contributed by atoms with van der Waals surface area (Å²) in [6.45, 7) is 20.5. The summed E-state index contributed by atoms with van der Waals surface area (Å²) in [5.41, 5.74) is 38.1. The SMILES string of the molecule is C/C1=C2/NC(/C=C3\N[C@H](/C(C)=C4\N[C@H]([C@H](CC(N)=O)[C@@]4(C)CCC(=O)N=C[C@@H](C)OP(=O)(O)O[C@H]4[C@@H](O)[C@@H](N5CNc6cc(C)c(C)cc65)O[C@@H]4CO)[C@]4(C)NC1[C@@H](CCC(N)=O)[C@]4(C)CC(N)=O)[C@@H](CCC(N)=O)C3(C)C)[C@@H](CCC(N)=O)[C@]2(C)CC(N)=O. The number of nitrogens with one attached hydrogen (secondary N) is 5. The van der Waals surface area contributed by atoms with E-state index in [0.717, 1.165) is 40.0 Å². The molecule has 8 bridgehead atoms. The van der Waals surface area contributed by atoms with E-state index in [4.69, 9.17) is 48.2 Å². The van der Waals surface area contributed by atoms with Gasteiger partial charge in [-0.1, -0.05) is 34.6 Å². The van der Waals surface area contributed by atoms with Crippen molar-refractivity contribution in [2.24, 2.45) is 84.7 Å². The summed E-state index contributed by atoms with van der Waals surface area (Å²) >= 11 is 0. The van der Waals surface area contributed by atoms with Gasteiger partial charge in [-0.3, -0.25) is 42.6 Å². The number of aryl methyl sites for hydroxylation is 2. The summed E-state index contributed by atoms with van der Waals surface area (Å²) in [6.07, 6.45) is -3.80. The number of amides is 7. The Labute approximate surface area is 526 Å². The van der Waals surface area contributed by atoms with E-state index < -0.39 is 156 Å². The average molecular weight is 1280 g/mol. The number of carbonyl (C=O) groups is 7. The van der Waals surface area contributed by atoms with Gasteiger partial charge in [0.1, 0.15) is 24.4 Å². The van der Waals surface area contributed by atoms with Crippen molar-refractivity contribution in [1.29, 1.82) is 0 Å². The molecule has 1 aromatic carbocycles. The van der Waals surface area contributed by atoms with Crippen molar-refractivity contribution in [3.05, 3.63) is 57.6 Å². The van der Waals surface area contributed by atoms with E-state index in [1.165, 1.54) is 6.92 Å². The van der Waals surface area contributed by atoms with E-state index in [9.17, 15) is 53.2 Å². The van der Waals surface area contributed by atoms with Gasteiger partial charge in [-0.15, -0.1) is 0 Å². The number of primary amides is 6. The number of aliphatic hydroxyl groups excluding tert-OH is 2. The Morgan fingerprint density at radius 3 is 1.92 bits per heavy atom. The van der Waals surface area contributed by atoms with Gasteiger partial charge in [0.15, 0.2) is 6.23 Å². The number of ether oxygens (including phenoxy) is 1. The van der Waals surface area contributed by atoms with Crippen molar-refractivity contribution in [2.75, 3.05) is 23.5 Å². The maximum absolute atomic E-state index is 14.3. The fraction of sp³-hybridized carbons (Fsp3) is 0.677. The molecule has 20 N–H and O–H groups in total. The lowest BCUT2D eigenvalue weighted by molar-refractivity contribution is -0.124. The van der Waals surface area contributed by atoms with Gasteiger partial charge < -0.3 is 85.7 Å². The van der Waals surface area contributed by atoms with Crippen LogP contribution in [0.3, 0.4) is 0 Å². The minimum absolute atomic E-state index is 0.0196. The molecule has 0 radical (unpaired) electrons. The first-order chi connectivity index (χ1) is 41.8. The lowest BCUT2D eigenvalue weighted by Crippen LogP contribution is -2.64. The Morgan fingerprint density at radius 1 is 0.756 bits per heavy atom. The molecule has 0 spiro atoms. The van der Waals surface area contributed by atoms with E-state index in [1.807, 2.05) is 67.5 Å². The van der Waals surface area contributed by atoms with Crippen LogP contribution in [-0.2, 0) is 51.9 Å². The summed E-state index contributed by atoms with van der Waals surface area (Å²) in [7, 11) is -5.09. The van der Waals surface area contributed by atoms with Gasteiger partial charge in [-0.05, 0) is 125 Å². The molecule has 8 rings (SSSR count). The minimum Gasteiger partial charge on any atom is -0.394 e. The number of aliphatic imine (C=N–C) groups is 1. The standard InChI is InChI=1S/C62H96N13O14P/c1-29-20-39-40(21-30(29)2)75(28-70-39)57-52(84)53(41(27-76)87-57)89-90(85,86)88-31(3)26-69-49(83)18-19-59(8)37(22-46(66)80)56-62(11)61(10,25-48(68)82)36(14-17-45(65)79)51(74-62)33(5)55-60(9,24-47(67)81)34(12-15-43(63)77)38(71-55)23-42-58(6,7)35(13-16-44(64)78)50(72-42)32(4)54(59)73-56/h20-21,23,26,31,34-38,41,50-53,56-57,70-74,76,84H,12-19,22,24-25,27-28H2,1-11H3,(H2,63,77)(H2,64,78)(H2,65,79)(H2,66,80)(H2,67,81)(H2,68,82)(H,85,86)/b42-23-,54-32-,55-33-,69-26?/t31-,34-,35-,36-,37+,38?,41-,50-,51?,52-,53-,56-,57+,59-,60+,61+,62+/m1/s1. The predicted octanol–water partition coefficient (Wildman–Crippen LogP) is 1.86. The third kappa shape index (κ3) is 13.2. The van der Waals surface area contributed by atoms with E-state index in [1.54, 1.807) is 4.90 Å². The van der Waals surface area contributed by atoms with E-state index in [-0.39, 0.29) is 76.8 Å². The largest absolute Gasteiger partial charge is 0.473 e. The molecule has 27 nitrogen and oxygen atoms in total. The van der Waals surface area contributed by atoms with Gasteiger partial charge in [0.2, 0.25) is 41.4 Å². The molecule has 3 unspecified atom stereocenters. The number of rotatable bonds is 25. The second kappa shape index (κ2) is 25.9. The molecule has 498 valence electrons. The summed E-state index contributed by atoms with van der Waals surface area (Å²) in [5, 5.41) is 40.6. The molecule has 0 aromatic heterocycles. The second-order valence-electron chi connectivity index (χ2n) is 27.8. The van der Waals surface area contributed by atoms with Gasteiger partial charge in [-0.2, -0.15) is 0 Å². The zero-order valence-corrected chi connectivity index (χ0v) is 54.5. The summed E-state index contributed by atoms with van der Waals surface area (Å²) in [6, 6.07) is 1.27. The number of phosphoric ester groups is 1. The van der Waals surface area contributed by atoms with Crippen LogP contribution < -0.4 is 65.9 Å². The first kappa shape index (κ1) is 69.4. The Hall–Kier alpha value is -6.45. The lowest BCUT2D eigenvalue weighted by Gasteiger charge is -2.49. The first-order valence-electron chi connectivity index (χ1n) is 31.1. The Bertz CT molecular complexity index is 3230. The highest BCUT2D eigenvalue weighted by molar-refractivity contribution is 7.47. The predicted molar refractivity (Wildman–Crippen MR) is 335 cm³/mol. The van der Waals surface area contributed by atoms with Gasteiger partial charge in [0.25, 0.3) is 0 Å². The smallest absolute Gasteiger partial charge is 0.394 e. The number of hydrogen-bond acceptors (Lipinski definition) is 19. The van der Waals surface area contributed by atoms with Crippen LogP contribution in [0, 0.1) is 59.2 Å². The molecule has 7 aliphatic rings. The number of aliphatic hydroxyl groups is 2. The van der Waals surface area contributed by atoms with Crippen LogP contribution in [0.2, 0.25) is 0 Å². The monoisotopic (exact) mass is 1280 g/mol. The topological polar surface area (TPSA) is 457 Å². The fourth-order valence-electron chi connectivity index (χ4n) is 16.7.